The first-order valence-corrected chi connectivity index (χ1v) is 12.1. The van der Waals surface area contributed by atoms with Crippen LogP contribution in [0.15, 0.2) is 102 Å². The third-order valence-electron chi connectivity index (χ3n) is 5.32. The van der Waals surface area contributed by atoms with Crippen LogP contribution in [0.4, 0.5) is 5.69 Å². The molecule has 1 heterocycles. The molecular weight excluding hydrogens is 515 g/mol. The highest BCUT2D eigenvalue weighted by molar-refractivity contribution is 6.35. The largest absolute Gasteiger partial charge is 0.459 e. The summed E-state index contributed by atoms with van der Waals surface area (Å²) in [5, 5.41) is 6.01. The van der Waals surface area contributed by atoms with E-state index >= 15 is 0 Å². The fourth-order valence-electron chi connectivity index (χ4n) is 3.61. The lowest BCUT2D eigenvalue weighted by Crippen LogP contribution is -2.44. The average molecular weight is 537 g/mol. The molecular formula is C28H22Cl2N2O5. The lowest BCUT2D eigenvalue weighted by molar-refractivity contribution is -0.156. The van der Waals surface area contributed by atoms with Crippen molar-refractivity contribution in [2.75, 3.05) is 5.32 Å². The lowest BCUT2D eigenvalue weighted by atomic mass is 10.0. The molecule has 0 spiro atoms. The molecule has 0 aliphatic carbocycles. The number of furan rings is 1. The van der Waals surface area contributed by atoms with Crippen molar-refractivity contribution >= 4 is 46.7 Å². The number of esters is 1. The van der Waals surface area contributed by atoms with Crippen molar-refractivity contribution in [3.8, 4) is 0 Å². The minimum Gasteiger partial charge on any atom is -0.459 e. The summed E-state index contributed by atoms with van der Waals surface area (Å²) in [6, 6.07) is 24.2. The molecule has 0 aliphatic rings. The van der Waals surface area contributed by atoms with Crippen molar-refractivity contribution in [2.24, 2.45) is 0 Å². The Balaban J connectivity index is 1.59. The van der Waals surface area contributed by atoms with E-state index in [9.17, 15) is 14.4 Å². The minimum absolute atomic E-state index is 0.0426. The number of ether oxygens (including phenoxy) is 1. The smallest absolute Gasteiger partial charge is 0.330 e. The summed E-state index contributed by atoms with van der Waals surface area (Å²) in [6.07, 6.45) is 0.182. The van der Waals surface area contributed by atoms with Gasteiger partial charge in [0.15, 0.2) is 5.76 Å². The molecule has 2 atom stereocenters. The summed E-state index contributed by atoms with van der Waals surface area (Å²) in [6.45, 7) is 0. The van der Waals surface area contributed by atoms with Crippen LogP contribution in [-0.4, -0.2) is 23.8 Å². The van der Waals surface area contributed by atoms with Gasteiger partial charge in [0.05, 0.1) is 6.26 Å². The Morgan fingerprint density at radius 2 is 1.49 bits per heavy atom. The zero-order chi connectivity index (χ0) is 26.2. The molecule has 0 saturated carbocycles. The predicted octanol–water partition coefficient (Wildman–Crippen LogP) is 5.85. The van der Waals surface area contributed by atoms with Gasteiger partial charge in [-0.2, -0.15) is 0 Å². The van der Waals surface area contributed by atoms with Gasteiger partial charge in [0.2, 0.25) is 6.10 Å². The molecule has 0 unspecified atom stereocenters. The van der Waals surface area contributed by atoms with E-state index in [2.05, 4.69) is 10.6 Å². The SMILES string of the molecule is O=C(N[C@@H](Cc1ccccc1)C(=O)O[C@@H](C(=O)Nc1cc(Cl)cc(Cl)c1)c1ccccc1)c1ccco1. The first-order chi connectivity index (χ1) is 17.9. The van der Waals surface area contributed by atoms with Gasteiger partial charge in [-0.1, -0.05) is 83.9 Å². The van der Waals surface area contributed by atoms with Gasteiger partial charge in [0.25, 0.3) is 11.8 Å². The fraction of sp³-hybridized carbons (Fsp3) is 0.107. The number of amides is 2. The number of hydrogen-bond donors (Lipinski definition) is 2. The van der Waals surface area contributed by atoms with E-state index in [1.165, 1.54) is 30.5 Å². The average Bonchev–Trinajstić information content (AvgIpc) is 3.42. The molecule has 188 valence electrons. The van der Waals surface area contributed by atoms with Crippen LogP contribution in [0.25, 0.3) is 0 Å². The normalized spacial score (nSPS) is 12.3. The summed E-state index contributed by atoms with van der Waals surface area (Å²) in [7, 11) is 0. The van der Waals surface area contributed by atoms with Gasteiger partial charge in [-0.25, -0.2) is 4.79 Å². The molecule has 2 N–H and O–H groups in total. The first-order valence-electron chi connectivity index (χ1n) is 11.3. The van der Waals surface area contributed by atoms with Gasteiger partial charge in [0, 0.05) is 27.7 Å². The molecule has 1 aromatic heterocycles. The van der Waals surface area contributed by atoms with Gasteiger partial charge >= 0.3 is 5.97 Å². The van der Waals surface area contributed by atoms with Crippen molar-refractivity contribution in [1.29, 1.82) is 0 Å². The van der Waals surface area contributed by atoms with Crippen LogP contribution >= 0.6 is 23.2 Å². The summed E-state index contributed by atoms with van der Waals surface area (Å²) in [5.74, 6) is -1.95. The van der Waals surface area contributed by atoms with Crippen LogP contribution < -0.4 is 10.6 Å². The van der Waals surface area contributed by atoms with Crippen molar-refractivity contribution < 1.29 is 23.5 Å². The minimum atomic E-state index is -1.31. The van der Waals surface area contributed by atoms with Crippen LogP contribution in [0.1, 0.15) is 27.8 Å². The van der Waals surface area contributed by atoms with Crippen LogP contribution in [-0.2, 0) is 20.7 Å². The summed E-state index contributed by atoms with van der Waals surface area (Å²) >= 11 is 12.1. The van der Waals surface area contributed by atoms with E-state index in [4.69, 9.17) is 32.4 Å². The fourth-order valence-corrected chi connectivity index (χ4v) is 4.14. The molecule has 3 aromatic carbocycles. The quantitative estimate of drug-likeness (QED) is 0.261. The van der Waals surface area contributed by atoms with Gasteiger partial charge in [-0.15, -0.1) is 0 Å². The maximum atomic E-state index is 13.4. The summed E-state index contributed by atoms with van der Waals surface area (Å²) in [5.41, 5.74) is 1.57. The van der Waals surface area contributed by atoms with Gasteiger partial charge in [0.1, 0.15) is 6.04 Å². The standard InChI is InChI=1S/C28H22Cl2N2O5/c29-20-15-21(30)17-22(16-20)31-27(34)25(19-10-5-2-6-11-19)37-28(35)23(14-18-8-3-1-4-9-18)32-26(33)24-12-7-13-36-24/h1-13,15-17,23,25H,14H2,(H,31,34)(H,32,33)/t23-,25+/m0/s1. The number of hydrogen-bond acceptors (Lipinski definition) is 5. The van der Waals surface area contributed by atoms with Crippen LogP contribution in [0.5, 0.6) is 0 Å². The lowest BCUT2D eigenvalue weighted by Gasteiger charge is -2.22. The Hall–Kier alpha value is -4.07. The number of nitrogens with one attached hydrogen (secondary N) is 2. The van der Waals surface area contributed by atoms with Crippen molar-refractivity contribution in [3.63, 3.8) is 0 Å². The highest BCUT2D eigenvalue weighted by Gasteiger charge is 2.31. The zero-order valence-corrected chi connectivity index (χ0v) is 20.9. The van der Waals surface area contributed by atoms with Crippen LogP contribution in [0.3, 0.4) is 0 Å². The Labute approximate surface area is 223 Å². The summed E-state index contributed by atoms with van der Waals surface area (Å²) in [4.78, 5) is 39.4. The van der Waals surface area contributed by atoms with E-state index in [0.717, 1.165) is 5.56 Å². The Bertz CT molecular complexity index is 1340. The second-order valence-corrected chi connectivity index (χ2v) is 8.94. The molecule has 0 aliphatic heterocycles. The molecule has 2 amide bonds. The van der Waals surface area contributed by atoms with E-state index in [-0.39, 0.29) is 12.2 Å². The van der Waals surface area contributed by atoms with Gasteiger partial charge in [-0.3, -0.25) is 9.59 Å². The maximum absolute atomic E-state index is 13.4. The summed E-state index contributed by atoms with van der Waals surface area (Å²) < 4.78 is 10.9. The van der Waals surface area contributed by atoms with Gasteiger partial charge < -0.3 is 19.8 Å². The Kier molecular flexibility index (Phi) is 8.61. The molecule has 4 aromatic rings. The highest BCUT2D eigenvalue weighted by atomic mass is 35.5. The second-order valence-electron chi connectivity index (χ2n) is 8.07. The topological polar surface area (TPSA) is 97.6 Å². The highest BCUT2D eigenvalue weighted by Crippen LogP contribution is 2.25. The number of halogens is 2. The van der Waals surface area contributed by atoms with E-state index in [1.807, 2.05) is 30.3 Å². The molecule has 9 heteroatoms. The van der Waals surface area contributed by atoms with E-state index in [0.29, 0.717) is 21.3 Å². The zero-order valence-electron chi connectivity index (χ0n) is 19.4. The molecule has 7 nitrogen and oxygen atoms in total. The van der Waals surface area contributed by atoms with Crippen LogP contribution in [0.2, 0.25) is 10.0 Å². The van der Waals surface area contributed by atoms with Crippen molar-refractivity contribution in [2.45, 2.75) is 18.6 Å². The first kappa shape index (κ1) is 26.0. The third kappa shape index (κ3) is 7.22. The molecule has 37 heavy (non-hydrogen) atoms. The third-order valence-corrected chi connectivity index (χ3v) is 5.76. The van der Waals surface area contributed by atoms with Gasteiger partial charge in [-0.05, 0) is 35.9 Å². The maximum Gasteiger partial charge on any atom is 0.330 e. The second kappa shape index (κ2) is 12.3. The van der Waals surface area contributed by atoms with Crippen LogP contribution in [0, 0.1) is 0 Å². The number of rotatable bonds is 9. The van der Waals surface area contributed by atoms with E-state index in [1.54, 1.807) is 36.4 Å². The monoisotopic (exact) mass is 536 g/mol. The number of anilines is 1. The number of benzene rings is 3. The molecule has 0 fully saturated rings. The molecule has 0 radical (unpaired) electrons. The molecule has 0 bridgehead atoms. The predicted molar refractivity (Wildman–Crippen MR) is 140 cm³/mol. The Morgan fingerprint density at radius 1 is 0.838 bits per heavy atom. The molecule has 4 rings (SSSR count). The van der Waals surface area contributed by atoms with Crippen molar-refractivity contribution in [1.82, 2.24) is 5.32 Å². The number of carbonyl (C=O) groups excluding carboxylic acids is 3. The Morgan fingerprint density at radius 3 is 2.11 bits per heavy atom. The number of carbonyl (C=O) groups is 3. The van der Waals surface area contributed by atoms with Crippen molar-refractivity contribution in [3.05, 3.63) is 124 Å². The molecule has 0 saturated heterocycles. The van der Waals surface area contributed by atoms with E-state index < -0.39 is 29.9 Å².